The van der Waals surface area contributed by atoms with Gasteiger partial charge in [0.15, 0.2) is 14.6 Å². The number of aliphatic hydroxyl groups excluding tert-OH is 2. The molecule has 1 heterocycles. The fourth-order valence-corrected chi connectivity index (χ4v) is 15.7. The molecule has 1 fully saturated rings. The maximum Gasteiger partial charge on any atom is 0.105 e. The second-order valence-corrected chi connectivity index (χ2v) is 22.8. The Bertz CT molecular complexity index is 641. The molecule has 0 aromatic carbocycles. The van der Waals surface area contributed by atoms with Gasteiger partial charge >= 0.3 is 46.9 Å². The zero-order chi connectivity index (χ0) is 29.0. The van der Waals surface area contributed by atoms with Crippen molar-refractivity contribution in [1.29, 1.82) is 1.28 Å². The summed E-state index contributed by atoms with van der Waals surface area (Å²) in [6.07, 6.45) is -0.485. The van der Waals surface area contributed by atoms with E-state index in [0.29, 0.717) is 57.9 Å². The molecular weight excluding hydrogens is 615 g/mol. The first-order valence-electron chi connectivity index (χ1n) is 12.1. The zero-order valence-electron chi connectivity index (χ0n) is 23.5. The third-order valence-electron chi connectivity index (χ3n) is 4.79. The van der Waals surface area contributed by atoms with E-state index >= 15 is 0 Å². The van der Waals surface area contributed by atoms with Gasteiger partial charge in [-0.3, -0.25) is 0 Å². The molecule has 0 radical (unpaired) electrons. The Kier molecular flexibility index (Phi) is 23.4. The summed E-state index contributed by atoms with van der Waals surface area (Å²) in [4.78, 5) is 0. The third-order valence-corrected chi connectivity index (χ3v) is 16.7. The molecule has 1 rings (SSSR count). The van der Waals surface area contributed by atoms with Crippen LogP contribution in [-0.4, -0.2) is 102 Å². The first-order valence-corrected chi connectivity index (χ1v) is 24.2. The Morgan fingerprint density at radius 1 is 0.972 bits per heavy atom. The largest absolute Gasteiger partial charge is 0.105 e. The smallest absolute Gasteiger partial charge is 0.0615 e. The number of ether oxygens (including phenoxy) is 4. The van der Waals surface area contributed by atoms with Crippen molar-refractivity contribution in [3.8, 4) is 0 Å². The maximum atomic E-state index is 9.39. The molecule has 0 aliphatic carbocycles. The molecule has 1 aliphatic rings. The minimum absolute atomic E-state index is 0.0997. The van der Waals surface area contributed by atoms with Crippen LogP contribution in [0.2, 0.25) is 44.3 Å². The number of hydrogen-bond acceptors (Lipinski definition) is 12. The molecule has 0 aromatic heterocycles. The molecule has 0 aromatic rings. The molecule has 0 bridgehead atoms. The van der Waals surface area contributed by atoms with E-state index in [1.165, 1.54) is 0 Å². The molecule has 1 aliphatic heterocycles. The van der Waals surface area contributed by atoms with Gasteiger partial charge in [-0.05, 0) is 54.0 Å². The topological polar surface area (TPSA) is 108 Å². The minimum Gasteiger partial charge on any atom is -0.0615 e. The zero-order valence-corrected chi connectivity index (χ0v) is 29.7. The molecule has 214 valence electrons. The van der Waals surface area contributed by atoms with Gasteiger partial charge in [0.2, 0.25) is 0 Å². The Balaban J connectivity index is 0. The van der Waals surface area contributed by atoms with E-state index in [0.717, 1.165) is 6.04 Å². The Hall–Kier alpha value is 1.68. The molecule has 0 amide bonds. The van der Waals surface area contributed by atoms with Crippen molar-refractivity contribution in [3.63, 3.8) is 0 Å². The summed E-state index contributed by atoms with van der Waals surface area (Å²) in [6, 6.07) is 2.13. The van der Waals surface area contributed by atoms with Crippen LogP contribution in [0.3, 0.4) is 0 Å². The summed E-state index contributed by atoms with van der Waals surface area (Å²) in [7, 11) is -5.35. The van der Waals surface area contributed by atoms with Gasteiger partial charge in [-0.15, -0.1) is 0 Å². The van der Waals surface area contributed by atoms with E-state index in [4.69, 9.17) is 32.9 Å². The molecule has 36 heavy (non-hydrogen) atoms. The van der Waals surface area contributed by atoms with E-state index in [2.05, 4.69) is 55.1 Å². The van der Waals surface area contributed by atoms with Gasteiger partial charge < -0.3 is 41.8 Å². The van der Waals surface area contributed by atoms with Gasteiger partial charge in [0.25, 0.3) is 0 Å². The quantitative estimate of drug-likeness (QED) is 0.0915. The number of hydrogen-bond donors (Lipinski definition) is 2. The van der Waals surface area contributed by atoms with Crippen LogP contribution in [0.1, 0.15) is 13.8 Å². The van der Waals surface area contributed by atoms with Crippen LogP contribution >= 0.6 is 14.1 Å². The number of epoxide rings is 1. The summed E-state index contributed by atoms with van der Waals surface area (Å²) >= 11 is 12.4. The average molecular weight is 661 g/mol. The third kappa shape index (κ3) is 23.6. The molecule has 1 saturated heterocycles. The number of aliphatic hydroxyl groups is 2. The fourth-order valence-electron chi connectivity index (χ4n) is 3.00. The van der Waals surface area contributed by atoms with Crippen LogP contribution in [0.15, 0.2) is 0 Å². The van der Waals surface area contributed by atoms with E-state index in [-0.39, 0.29) is 14.3 Å². The van der Waals surface area contributed by atoms with Gasteiger partial charge in [-0.25, -0.2) is 0 Å². The monoisotopic (exact) mass is 660 g/mol. The summed E-state index contributed by atoms with van der Waals surface area (Å²) in [5, 5.41) is 18.8. The Morgan fingerprint density at radius 2 is 1.42 bits per heavy atom. The van der Waals surface area contributed by atoms with Gasteiger partial charge in [0, 0.05) is 32.4 Å². The second kappa shape index (κ2) is 22.4. The van der Waals surface area contributed by atoms with E-state index in [1.807, 2.05) is 6.55 Å². The van der Waals surface area contributed by atoms with E-state index < -0.39 is 37.6 Å². The first-order chi connectivity index (χ1) is 17.2. The first kappa shape index (κ1) is 37.7. The van der Waals surface area contributed by atoms with Crippen molar-refractivity contribution in [2.75, 3.05) is 46.8 Å². The molecule has 17 heteroatoms. The van der Waals surface area contributed by atoms with Crippen molar-refractivity contribution < 1.29 is 41.8 Å². The summed E-state index contributed by atoms with van der Waals surface area (Å²) in [5.74, 6) is 0. The molecule has 5 atom stereocenters. The normalized spacial score (nSPS) is 20.2. The molecule has 9 nitrogen and oxygen atoms in total. The van der Waals surface area contributed by atoms with Crippen molar-refractivity contribution in [2.24, 2.45) is 0 Å². The Morgan fingerprint density at radius 3 is 1.83 bits per heavy atom. The predicted molar refractivity (Wildman–Crippen MR) is 162 cm³/mol. The predicted octanol–water partition coefficient (Wildman–Crippen LogP) is 3.63. The number of rotatable bonds is 19. The SMILES string of the molecule is CO[Si](C)(CCOCC(C)O)O[Si](C)(CCOC1CO1)O[Si](C)(C)CCOCC(C)O.S=[P+]=S.[2H]P=S. The average Bonchev–Trinajstić information content (AvgIpc) is 3.59. The van der Waals surface area contributed by atoms with Crippen LogP contribution in [-0.2, 0) is 67.0 Å². The minimum atomic E-state index is -2.64. The van der Waals surface area contributed by atoms with Crippen LogP contribution in [0.4, 0.5) is 0 Å². The van der Waals surface area contributed by atoms with E-state index in [9.17, 15) is 10.2 Å². The van der Waals surface area contributed by atoms with Crippen molar-refractivity contribution in [2.45, 2.75) is 76.7 Å². The van der Waals surface area contributed by atoms with Crippen LogP contribution < -0.4 is 0 Å². The van der Waals surface area contributed by atoms with Crippen molar-refractivity contribution in [1.82, 2.24) is 0 Å². The second-order valence-electron chi connectivity index (χ2n) is 9.24. The summed E-state index contributed by atoms with van der Waals surface area (Å²) < 4.78 is 47.2. The molecule has 5 unspecified atom stereocenters. The molecular formula is C19H45O9P2S3Si3+. The van der Waals surface area contributed by atoms with Gasteiger partial charge in [-0.2, -0.15) is 0 Å². The van der Waals surface area contributed by atoms with Crippen molar-refractivity contribution in [3.05, 3.63) is 0 Å². The molecule has 0 saturated carbocycles. The van der Waals surface area contributed by atoms with Gasteiger partial charge in [0.05, 0.1) is 32.0 Å². The van der Waals surface area contributed by atoms with Gasteiger partial charge in [-0.1, -0.05) is 11.8 Å². The van der Waals surface area contributed by atoms with Gasteiger partial charge in [0.1, 0.15) is 7.89 Å². The fraction of sp³-hybridized carbons (Fsp3) is 1.00. The van der Waals surface area contributed by atoms with Crippen LogP contribution in [0.5, 0.6) is 0 Å². The van der Waals surface area contributed by atoms with Crippen LogP contribution in [0.25, 0.3) is 0 Å². The molecule has 2 N–H and O–H groups in total. The van der Waals surface area contributed by atoms with Crippen molar-refractivity contribution >= 4 is 75.0 Å². The molecule has 0 spiro atoms. The standard InChI is InChI=1S/C19H44O9Si3.PS2.HPS/c1-17(20)14-23-8-11-29(4,5)27-31(7,13-10-25-19-16-26-19)28-30(6,22-3)12-9-24-15-18(2)21;2-1-3;1-2/h17-21H,8-16H2,1-7H3;;1H/q;+1;/i;;1D. The maximum absolute atomic E-state index is 9.39. The van der Waals surface area contributed by atoms with Crippen LogP contribution in [0, 0.1) is 0 Å². The summed E-state index contributed by atoms with van der Waals surface area (Å²) in [5.41, 5.74) is 0. The summed E-state index contributed by atoms with van der Waals surface area (Å²) in [6.45, 7) is 14.6. The Labute approximate surface area is 240 Å². The van der Waals surface area contributed by atoms with E-state index in [1.54, 1.807) is 21.0 Å².